The zero-order valence-corrected chi connectivity index (χ0v) is 19.0. The van der Waals surface area contributed by atoms with E-state index in [9.17, 15) is 9.59 Å². The summed E-state index contributed by atoms with van der Waals surface area (Å²) in [6, 6.07) is 14.8. The van der Waals surface area contributed by atoms with Crippen LogP contribution in [0.15, 0.2) is 65.0 Å². The van der Waals surface area contributed by atoms with E-state index in [-0.39, 0.29) is 17.6 Å². The Morgan fingerprint density at radius 3 is 2.66 bits per heavy atom. The van der Waals surface area contributed by atoms with Crippen LogP contribution in [0.3, 0.4) is 0 Å². The van der Waals surface area contributed by atoms with Gasteiger partial charge in [-0.1, -0.05) is 24.3 Å². The molecule has 0 unspecified atom stereocenters. The topological polar surface area (TPSA) is 70.4 Å². The Hall–Kier alpha value is -3.45. The lowest BCUT2D eigenvalue weighted by atomic mass is 10.1. The second-order valence-electron chi connectivity index (χ2n) is 7.62. The molecule has 0 aliphatic rings. The fourth-order valence-corrected chi connectivity index (χ4v) is 4.37. The Balaban J connectivity index is 1.67. The van der Waals surface area contributed by atoms with Crippen LogP contribution in [-0.2, 0) is 11.3 Å². The van der Waals surface area contributed by atoms with Gasteiger partial charge in [0.25, 0.3) is 5.56 Å². The molecule has 7 heteroatoms. The van der Waals surface area contributed by atoms with Crippen LogP contribution in [0.2, 0.25) is 0 Å². The summed E-state index contributed by atoms with van der Waals surface area (Å²) < 4.78 is 12.4. The quantitative estimate of drug-likeness (QED) is 0.366. The number of fused-ring (bicyclic) bond motifs is 1. The van der Waals surface area contributed by atoms with Gasteiger partial charge in [0, 0.05) is 10.9 Å². The first-order valence-corrected chi connectivity index (χ1v) is 11.3. The predicted octanol–water partition coefficient (Wildman–Crippen LogP) is 5.14. The zero-order chi connectivity index (χ0) is 22.7. The minimum atomic E-state index is -0.376. The van der Waals surface area contributed by atoms with E-state index in [1.54, 1.807) is 29.1 Å². The summed E-state index contributed by atoms with van der Waals surface area (Å²) >= 11 is 1.45. The van der Waals surface area contributed by atoms with Crippen molar-refractivity contribution in [2.45, 2.75) is 33.4 Å². The number of aromatic nitrogens is 2. The largest absolute Gasteiger partial charge is 0.494 e. The SMILES string of the molecule is CCOc1ccc(-c2csc3ncn(Cc4cccc(C(=O)OC(C)C)c4)c(=O)c23)cc1. The molecule has 0 amide bonds. The first-order chi connectivity index (χ1) is 15.5. The highest BCUT2D eigenvalue weighted by atomic mass is 32.1. The number of thiophene rings is 1. The van der Waals surface area contributed by atoms with Crippen LogP contribution in [0.5, 0.6) is 5.75 Å². The van der Waals surface area contributed by atoms with Gasteiger partial charge in [0.2, 0.25) is 0 Å². The highest BCUT2D eigenvalue weighted by Gasteiger charge is 2.15. The molecule has 0 radical (unpaired) electrons. The summed E-state index contributed by atoms with van der Waals surface area (Å²) in [6.07, 6.45) is 1.36. The molecule has 164 valence electrons. The number of carbonyl (C=O) groups excluding carboxylic acids is 1. The lowest BCUT2D eigenvalue weighted by molar-refractivity contribution is 0.0377. The molecule has 0 saturated heterocycles. The number of esters is 1. The molecule has 6 nitrogen and oxygen atoms in total. The van der Waals surface area contributed by atoms with E-state index >= 15 is 0 Å². The van der Waals surface area contributed by atoms with E-state index in [0.29, 0.717) is 28.9 Å². The molecule has 0 aliphatic heterocycles. The van der Waals surface area contributed by atoms with E-state index in [1.165, 1.54) is 11.3 Å². The minimum Gasteiger partial charge on any atom is -0.494 e. The number of nitrogens with zero attached hydrogens (tertiary/aromatic N) is 2. The van der Waals surface area contributed by atoms with Crippen LogP contribution in [0.1, 0.15) is 36.7 Å². The molecule has 2 aromatic carbocycles. The van der Waals surface area contributed by atoms with Crippen molar-refractivity contribution in [3.63, 3.8) is 0 Å². The van der Waals surface area contributed by atoms with Gasteiger partial charge in [-0.05, 0) is 56.2 Å². The Bertz CT molecular complexity index is 1310. The molecule has 4 aromatic rings. The number of benzene rings is 2. The summed E-state index contributed by atoms with van der Waals surface area (Å²) in [5.41, 5.74) is 2.97. The standard InChI is InChI=1S/C25H24N2O4S/c1-4-30-20-10-8-18(9-11-20)21-14-32-23-22(21)24(28)27(15-26-23)13-17-6-5-7-19(12-17)25(29)31-16(2)3/h5-12,14-16H,4,13H2,1-3H3. The Labute approximate surface area is 190 Å². The third-order valence-electron chi connectivity index (χ3n) is 4.90. The normalized spacial score (nSPS) is 11.1. The van der Waals surface area contributed by atoms with E-state index in [1.807, 2.05) is 56.5 Å². The second-order valence-corrected chi connectivity index (χ2v) is 8.48. The van der Waals surface area contributed by atoms with Crippen LogP contribution < -0.4 is 10.3 Å². The van der Waals surface area contributed by atoms with Gasteiger partial charge in [-0.3, -0.25) is 9.36 Å². The number of ether oxygens (including phenoxy) is 2. The van der Waals surface area contributed by atoms with Crippen molar-refractivity contribution in [3.05, 3.63) is 81.7 Å². The minimum absolute atomic E-state index is 0.115. The predicted molar refractivity (Wildman–Crippen MR) is 127 cm³/mol. The third kappa shape index (κ3) is 4.57. The first kappa shape index (κ1) is 21.8. The molecule has 0 saturated carbocycles. The highest BCUT2D eigenvalue weighted by Crippen LogP contribution is 2.31. The Morgan fingerprint density at radius 2 is 1.94 bits per heavy atom. The molecule has 2 heterocycles. The highest BCUT2D eigenvalue weighted by molar-refractivity contribution is 7.17. The fourth-order valence-electron chi connectivity index (χ4n) is 3.47. The van der Waals surface area contributed by atoms with Gasteiger partial charge in [-0.2, -0.15) is 0 Å². The smallest absolute Gasteiger partial charge is 0.338 e. The molecule has 0 N–H and O–H groups in total. The monoisotopic (exact) mass is 448 g/mol. The maximum atomic E-state index is 13.3. The molecule has 0 spiro atoms. The van der Waals surface area contributed by atoms with Crippen molar-refractivity contribution in [1.29, 1.82) is 0 Å². The van der Waals surface area contributed by atoms with Gasteiger partial charge in [0.1, 0.15) is 10.6 Å². The van der Waals surface area contributed by atoms with Gasteiger partial charge in [0.15, 0.2) is 0 Å². The molecule has 0 aliphatic carbocycles. The lowest BCUT2D eigenvalue weighted by Crippen LogP contribution is -2.21. The first-order valence-electron chi connectivity index (χ1n) is 10.5. The van der Waals surface area contributed by atoms with Crippen molar-refractivity contribution in [2.75, 3.05) is 6.61 Å². The van der Waals surface area contributed by atoms with E-state index < -0.39 is 0 Å². The van der Waals surface area contributed by atoms with Crippen LogP contribution in [-0.4, -0.2) is 28.2 Å². The molecule has 32 heavy (non-hydrogen) atoms. The van der Waals surface area contributed by atoms with Crippen molar-refractivity contribution >= 4 is 27.5 Å². The van der Waals surface area contributed by atoms with Gasteiger partial charge >= 0.3 is 5.97 Å². The molecule has 0 atom stereocenters. The molecule has 0 fully saturated rings. The summed E-state index contributed by atoms with van der Waals surface area (Å²) in [5, 5.41) is 2.55. The van der Waals surface area contributed by atoms with Crippen LogP contribution >= 0.6 is 11.3 Å². The number of carbonyl (C=O) groups is 1. The van der Waals surface area contributed by atoms with Crippen LogP contribution in [0, 0.1) is 0 Å². The fraction of sp³-hybridized carbons (Fsp3) is 0.240. The maximum absolute atomic E-state index is 13.3. The number of hydrogen-bond donors (Lipinski definition) is 0. The Morgan fingerprint density at radius 1 is 1.16 bits per heavy atom. The van der Waals surface area contributed by atoms with Gasteiger partial charge < -0.3 is 9.47 Å². The van der Waals surface area contributed by atoms with E-state index in [0.717, 1.165) is 22.4 Å². The third-order valence-corrected chi connectivity index (χ3v) is 5.78. The number of hydrogen-bond acceptors (Lipinski definition) is 6. The lowest BCUT2D eigenvalue weighted by Gasteiger charge is -2.10. The molecule has 4 rings (SSSR count). The van der Waals surface area contributed by atoms with E-state index in [4.69, 9.17) is 9.47 Å². The maximum Gasteiger partial charge on any atom is 0.338 e. The number of rotatable bonds is 7. The van der Waals surface area contributed by atoms with Crippen molar-refractivity contribution in [1.82, 2.24) is 9.55 Å². The molecule has 2 aromatic heterocycles. The Kier molecular flexibility index (Phi) is 6.37. The summed E-state index contributed by atoms with van der Waals surface area (Å²) in [7, 11) is 0. The average Bonchev–Trinajstić information content (AvgIpc) is 3.21. The zero-order valence-electron chi connectivity index (χ0n) is 18.2. The summed E-state index contributed by atoms with van der Waals surface area (Å²) in [6.45, 7) is 6.47. The van der Waals surface area contributed by atoms with Crippen molar-refractivity contribution in [3.8, 4) is 16.9 Å². The molecular formula is C25H24N2O4S. The van der Waals surface area contributed by atoms with E-state index in [2.05, 4.69) is 4.98 Å². The van der Waals surface area contributed by atoms with Crippen LogP contribution in [0.4, 0.5) is 0 Å². The molecule has 0 bridgehead atoms. The summed E-state index contributed by atoms with van der Waals surface area (Å²) in [4.78, 5) is 30.7. The molecular weight excluding hydrogens is 424 g/mol. The van der Waals surface area contributed by atoms with Gasteiger partial charge in [-0.25, -0.2) is 9.78 Å². The summed E-state index contributed by atoms with van der Waals surface area (Å²) in [5.74, 6) is 0.417. The average molecular weight is 449 g/mol. The van der Waals surface area contributed by atoms with Crippen molar-refractivity contribution < 1.29 is 14.3 Å². The van der Waals surface area contributed by atoms with Crippen LogP contribution in [0.25, 0.3) is 21.3 Å². The van der Waals surface area contributed by atoms with Gasteiger partial charge in [-0.15, -0.1) is 11.3 Å². The van der Waals surface area contributed by atoms with Crippen molar-refractivity contribution in [2.24, 2.45) is 0 Å². The second kappa shape index (κ2) is 9.36. The van der Waals surface area contributed by atoms with Gasteiger partial charge in [0.05, 0.1) is 36.5 Å².